The maximum Gasteiger partial charge on any atom is 0.338 e. The largest absolute Gasteiger partial charge is 0.497 e. The van der Waals surface area contributed by atoms with Crippen molar-refractivity contribution < 1.29 is 14.3 Å². The highest BCUT2D eigenvalue weighted by atomic mass is 35.5. The van der Waals surface area contributed by atoms with Crippen LogP contribution < -0.4 is 9.64 Å². The Morgan fingerprint density at radius 3 is 2.57 bits per heavy atom. The summed E-state index contributed by atoms with van der Waals surface area (Å²) in [6, 6.07) is 18.6. The summed E-state index contributed by atoms with van der Waals surface area (Å²) in [6.45, 7) is 5.90. The monoisotopic (exact) mass is 489 g/mol. The SMILES string of the molecule is COc1ccc(CN(c2cccc(C(=O)OC(C)(C)C)c2)c2cc(Cl)nn3c(C#N)cnc23)cc1. The van der Waals surface area contributed by atoms with Gasteiger partial charge in [-0.3, -0.25) is 0 Å². The summed E-state index contributed by atoms with van der Waals surface area (Å²) in [5, 5.41) is 13.9. The highest BCUT2D eigenvalue weighted by Crippen LogP contribution is 2.33. The Morgan fingerprint density at radius 2 is 1.91 bits per heavy atom. The second-order valence-electron chi connectivity index (χ2n) is 8.83. The van der Waals surface area contributed by atoms with Crippen LogP contribution in [0.4, 0.5) is 11.4 Å². The first-order valence-electron chi connectivity index (χ1n) is 10.9. The van der Waals surface area contributed by atoms with Crippen molar-refractivity contribution in [1.29, 1.82) is 5.26 Å². The van der Waals surface area contributed by atoms with Gasteiger partial charge in [-0.15, -0.1) is 0 Å². The fourth-order valence-corrected chi connectivity index (χ4v) is 3.74. The first-order valence-corrected chi connectivity index (χ1v) is 11.2. The van der Waals surface area contributed by atoms with Gasteiger partial charge in [0, 0.05) is 18.3 Å². The molecule has 2 aromatic carbocycles. The van der Waals surface area contributed by atoms with E-state index in [9.17, 15) is 10.1 Å². The molecule has 178 valence electrons. The van der Waals surface area contributed by atoms with Crippen molar-refractivity contribution in [3.05, 3.63) is 82.8 Å². The lowest BCUT2D eigenvalue weighted by Crippen LogP contribution is -2.24. The van der Waals surface area contributed by atoms with Crippen LogP contribution in [-0.4, -0.2) is 33.3 Å². The Balaban J connectivity index is 1.84. The van der Waals surface area contributed by atoms with E-state index >= 15 is 0 Å². The minimum Gasteiger partial charge on any atom is -0.497 e. The van der Waals surface area contributed by atoms with E-state index in [2.05, 4.69) is 16.2 Å². The normalized spacial score (nSPS) is 11.2. The molecule has 0 saturated heterocycles. The number of nitrogens with zero attached hydrogens (tertiary/aromatic N) is 5. The van der Waals surface area contributed by atoms with Gasteiger partial charge in [0.05, 0.1) is 24.6 Å². The van der Waals surface area contributed by atoms with Crippen molar-refractivity contribution in [1.82, 2.24) is 14.6 Å². The van der Waals surface area contributed by atoms with Crippen LogP contribution in [0.2, 0.25) is 5.15 Å². The van der Waals surface area contributed by atoms with Crippen LogP contribution in [0.25, 0.3) is 5.65 Å². The first kappa shape index (κ1) is 24.0. The highest BCUT2D eigenvalue weighted by Gasteiger charge is 2.22. The minimum atomic E-state index is -0.621. The number of nitriles is 1. The van der Waals surface area contributed by atoms with E-state index in [-0.39, 0.29) is 10.8 Å². The smallest absolute Gasteiger partial charge is 0.338 e. The molecule has 0 atom stereocenters. The number of ether oxygens (including phenoxy) is 2. The third-order valence-corrected chi connectivity index (χ3v) is 5.30. The predicted molar refractivity (Wildman–Crippen MR) is 133 cm³/mol. The number of hydrogen-bond acceptors (Lipinski definition) is 7. The molecule has 0 N–H and O–H groups in total. The Bertz CT molecular complexity index is 1420. The Labute approximate surface area is 208 Å². The maximum absolute atomic E-state index is 12.8. The number of methoxy groups -OCH3 is 1. The van der Waals surface area contributed by atoms with E-state index in [0.29, 0.717) is 23.4 Å². The van der Waals surface area contributed by atoms with Crippen molar-refractivity contribution in [3.63, 3.8) is 0 Å². The third kappa shape index (κ3) is 5.36. The maximum atomic E-state index is 12.8. The van der Waals surface area contributed by atoms with Crippen LogP contribution in [-0.2, 0) is 11.3 Å². The standard InChI is InChI=1S/C26H24ClN5O3/c1-26(2,3)35-25(33)18-6-5-7-19(12-18)31(16-17-8-10-21(34-4)11-9-17)22-13-23(27)30-32-20(14-28)15-29-24(22)32/h5-13,15H,16H2,1-4H3. The number of anilines is 2. The van der Waals surface area contributed by atoms with E-state index in [1.807, 2.05) is 56.0 Å². The summed E-state index contributed by atoms with van der Waals surface area (Å²) >= 11 is 6.35. The van der Waals surface area contributed by atoms with Crippen molar-refractivity contribution in [2.75, 3.05) is 12.0 Å². The van der Waals surface area contributed by atoms with Crippen molar-refractivity contribution in [3.8, 4) is 11.8 Å². The van der Waals surface area contributed by atoms with Gasteiger partial charge in [-0.05, 0) is 56.7 Å². The van der Waals surface area contributed by atoms with E-state index in [1.165, 1.54) is 10.7 Å². The van der Waals surface area contributed by atoms with Crippen LogP contribution in [0.1, 0.15) is 42.4 Å². The number of esters is 1. The number of halogens is 1. The molecule has 0 aliphatic rings. The molecule has 0 aliphatic carbocycles. The second kappa shape index (κ2) is 9.65. The van der Waals surface area contributed by atoms with Gasteiger partial charge < -0.3 is 14.4 Å². The average molecular weight is 490 g/mol. The summed E-state index contributed by atoms with van der Waals surface area (Å²) in [5.41, 5.74) is 2.84. The number of aromatic nitrogens is 3. The second-order valence-corrected chi connectivity index (χ2v) is 9.22. The molecule has 0 spiro atoms. The molecule has 0 amide bonds. The first-order chi connectivity index (χ1) is 16.7. The van der Waals surface area contributed by atoms with Crippen LogP contribution in [0.15, 0.2) is 60.8 Å². The van der Waals surface area contributed by atoms with Gasteiger partial charge in [-0.25, -0.2) is 9.78 Å². The van der Waals surface area contributed by atoms with Gasteiger partial charge in [-0.1, -0.05) is 29.8 Å². The lowest BCUT2D eigenvalue weighted by atomic mass is 10.1. The molecule has 35 heavy (non-hydrogen) atoms. The number of benzene rings is 2. The lowest BCUT2D eigenvalue weighted by Gasteiger charge is -2.26. The summed E-state index contributed by atoms with van der Waals surface area (Å²) < 4.78 is 12.3. The zero-order valence-electron chi connectivity index (χ0n) is 19.8. The topological polar surface area (TPSA) is 92.7 Å². The number of carbonyl (C=O) groups is 1. The Morgan fingerprint density at radius 1 is 1.17 bits per heavy atom. The molecule has 2 aromatic heterocycles. The fraction of sp³-hybridized carbons (Fsp3) is 0.231. The lowest BCUT2D eigenvalue weighted by molar-refractivity contribution is 0.00695. The molecule has 0 aliphatic heterocycles. The van der Waals surface area contributed by atoms with Gasteiger partial charge in [0.25, 0.3) is 0 Å². The number of carbonyl (C=O) groups excluding carboxylic acids is 1. The van der Waals surface area contributed by atoms with E-state index in [0.717, 1.165) is 17.0 Å². The highest BCUT2D eigenvalue weighted by molar-refractivity contribution is 6.29. The minimum absolute atomic E-state index is 0.199. The molecule has 0 unspecified atom stereocenters. The molecule has 0 fully saturated rings. The molecule has 0 saturated carbocycles. The Kier molecular flexibility index (Phi) is 6.63. The summed E-state index contributed by atoms with van der Waals surface area (Å²) in [4.78, 5) is 19.2. The number of fused-ring (bicyclic) bond motifs is 1. The third-order valence-electron chi connectivity index (χ3n) is 5.12. The van der Waals surface area contributed by atoms with Crippen LogP contribution in [0.5, 0.6) is 5.75 Å². The molecule has 2 heterocycles. The van der Waals surface area contributed by atoms with Gasteiger partial charge >= 0.3 is 5.97 Å². The number of rotatable bonds is 6. The molecule has 8 nitrogen and oxygen atoms in total. The molecule has 9 heteroatoms. The summed E-state index contributed by atoms with van der Waals surface area (Å²) in [7, 11) is 1.62. The molecule has 0 bridgehead atoms. The van der Waals surface area contributed by atoms with Gasteiger partial charge in [0.15, 0.2) is 16.5 Å². The zero-order chi connectivity index (χ0) is 25.2. The number of hydrogen-bond donors (Lipinski definition) is 0. The van der Waals surface area contributed by atoms with Gasteiger partial charge in [-0.2, -0.15) is 14.9 Å². The zero-order valence-corrected chi connectivity index (χ0v) is 20.6. The van der Waals surface area contributed by atoms with Gasteiger partial charge in [0.2, 0.25) is 0 Å². The molecule has 0 radical (unpaired) electrons. The molecular formula is C26H24ClN5O3. The molecule has 4 rings (SSSR count). The number of imidazole rings is 1. The van der Waals surface area contributed by atoms with Crippen LogP contribution in [0, 0.1) is 11.3 Å². The summed E-state index contributed by atoms with van der Waals surface area (Å²) in [6.07, 6.45) is 1.45. The average Bonchev–Trinajstić information content (AvgIpc) is 3.24. The van der Waals surface area contributed by atoms with Gasteiger partial charge in [0.1, 0.15) is 17.4 Å². The van der Waals surface area contributed by atoms with Crippen LogP contribution >= 0.6 is 11.6 Å². The van der Waals surface area contributed by atoms with E-state index in [1.54, 1.807) is 31.4 Å². The quantitative estimate of drug-likeness (QED) is 0.327. The van der Waals surface area contributed by atoms with E-state index in [4.69, 9.17) is 21.1 Å². The van der Waals surface area contributed by atoms with E-state index < -0.39 is 11.6 Å². The van der Waals surface area contributed by atoms with Crippen molar-refractivity contribution in [2.24, 2.45) is 0 Å². The summed E-state index contributed by atoms with van der Waals surface area (Å²) in [5.74, 6) is 0.322. The molecule has 4 aromatic rings. The Hall–Kier alpha value is -4.09. The predicted octanol–water partition coefficient (Wildman–Crippen LogP) is 5.56. The van der Waals surface area contributed by atoms with Crippen molar-refractivity contribution >= 4 is 34.6 Å². The fourth-order valence-electron chi connectivity index (χ4n) is 3.57. The van der Waals surface area contributed by atoms with Crippen molar-refractivity contribution in [2.45, 2.75) is 32.9 Å². The molecular weight excluding hydrogens is 466 g/mol. The van der Waals surface area contributed by atoms with Crippen LogP contribution in [0.3, 0.4) is 0 Å².